The number of rotatable bonds is 5. The fourth-order valence-corrected chi connectivity index (χ4v) is 3.50. The predicted octanol–water partition coefficient (Wildman–Crippen LogP) is 4.26. The summed E-state index contributed by atoms with van der Waals surface area (Å²) in [4.78, 5) is 24.6. The Morgan fingerprint density at radius 3 is 2.59 bits per heavy atom. The molecule has 1 aliphatic heterocycles. The molecule has 27 heavy (non-hydrogen) atoms. The van der Waals surface area contributed by atoms with Crippen LogP contribution in [0.2, 0.25) is 10.0 Å². The lowest BCUT2D eigenvalue weighted by molar-refractivity contribution is -0.148. The monoisotopic (exact) mass is 404 g/mol. The summed E-state index contributed by atoms with van der Waals surface area (Å²) in [7, 11) is 0. The molecule has 0 radical (unpaired) electrons. The first-order valence-electron chi connectivity index (χ1n) is 8.37. The Kier molecular flexibility index (Phi) is 6.04. The zero-order valence-electron chi connectivity index (χ0n) is 14.4. The number of hydrogen-bond donors (Lipinski definition) is 2. The third-order valence-electron chi connectivity index (χ3n) is 4.30. The van der Waals surface area contributed by atoms with E-state index in [9.17, 15) is 9.59 Å². The van der Waals surface area contributed by atoms with Crippen LogP contribution in [0.3, 0.4) is 0 Å². The summed E-state index contributed by atoms with van der Waals surface area (Å²) in [5.41, 5.74) is 1.90. The van der Waals surface area contributed by atoms with E-state index in [4.69, 9.17) is 27.9 Å². The molecule has 1 aliphatic rings. The van der Waals surface area contributed by atoms with Gasteiger partial charge in [-0.25, -0.2) is 4.79 Å². The molecule has 0 saturated carbocycles. The van der Waals surface area contributed by atoms with Crippen molar-refractivity contribution in [1.29, 1.82) is 0 Å². The van der Waals surface area contributed by atoms with Crippen molar-refractivity contribution in [3.63, 3.8) is 0 Å². The highest BCUT2D eigenvalue weighted by molar-refractivity contribution is 6.35. The van der Waals surface area contributed by atoms with Crippen LogP contribution in [-0.4, -0.2) is 18.6 Å². The molecule has 5 nitrogen and oxygen atoms in total. The quantitative estimate of drug-likeness (QED) is 0.731. The first kappa shape index (κ1) is 19.3. The highest BCUT2D eigenvalue weighted by atomic mass is 35.5. The standard InChI is InChI=1S/C20H18Cl2N2O3/c1-12-17(19(25)27-10-9-13-5-3-2-4-6-13)18(24-20(26)23-12)15-8-7-14(21)11-16(15)22/h2-8,11,17-18H,1,9-10H2,(H2,23,24,26). The molecule has 0 spiro atoms. The number of benzene rings is 2. The largest absolute Gasteiger partial charge is 0.465 e. The number of carbonyl (C=O) groups excluding carboxylic acids is 2. The highest BCUT2D eigenvalue weighted by Crippen LogP contribution is 2.35. The van der Waals surface area contributed by atoms with Crippen LogP contribution in [0.25, 0.3) is 0 Å². The minimum absolute atomic E-state index is 0.224. The predicted molar refractivity (Wildman–Crippen MR) is 105 cm³/mol. The van der Waals surface area contributed by atoms with E-state index in [0.29, 0.717) is 22.0 Å². The topological polar surface area (TPSA) is 67.4 Å². The molecule has 2 amide bonds. The van der Waals surface area contributed by atoms with Gasteiger partial charge in [-0.05, 0) is 23.3 Å². The van der Waals surface area contributed by atoms with Crippen LogP contribution in [0, 0.1) is 5.92 Å². The molecule has 1 fully saturated rings. The molecule has 2 unspecified atom stereocenters. The Morgan fingerprint density at radius 2 is 1.89 bits per heavy atom. The van der Waals surface area contributed by atoms with E-state index in [1.54, 1.807) is 18.2 Å². The van der Waals surface area contributed by atoms with Gasteiger partial charge in [0.05, 0.1) is 12.6 Å². The summed E-state index contributed by atoms with van der Waals surface area (Å²) in [6.07, 6.45) is 0.595. The van der Waals surface area contributed by atoms with Crippen LogP contribution in [0.1, 0.15) is 17.2 Å². The lowest BCUT2D eigenvalue weighted by Gasteiger charge is -2.33. The van der Waals surface area contributed by atoms with Crippen LogP contribution in [0.15, 0.2) is 60.8 Å². The van der Waals surface area contributed by atoms with E-state index in [0.717, 1.165) is 5.56 Å². The average Bonchev–Trinajstić information content (AvgIpc) is 2.62. The van der Waals surface area contributed by atoms with Crippen molar-refractivity contribution in [2.45, 2.75) is 12.5 Å². The SMILES string of the molecule is C=C1NC(=O)NC(c2ccc(Cl)cc2Cl)C1C(=O)OCCc1ccccc1. The molecule has 1 heterocycles. The van der Waals surface area contributed by atoms with Crippen molar-refractivity contribution >= 4 is 35.2 Å². The number of nitrogens with one attached hydrogen (secondary N) is 2. The summed E-state index contributed by atoms with van der Waals surface area (Å²) >= 11 is 12.2. The molecular weight excluding hydrogens is 387 g/mol. The van der Waals surface area contributed by atoms with Crippen LogP contribution < -0.4 is 10.6 Å². The van der Waals surface area contributed by atoms with Crippen molar-refractivity contribution in [1.82, 2.24) is 10.6 Å². The second-order valence-corrected chi connectivity index (χ2v) is 6.99. The molecule has 2 aromatic rings. The molecule has 7 heteroatoms. The van der Waals surface area contributed by atoms with Gasteiger partial charge in [0.25, 0.3) is 0 Å². The van der Waals surface area contributed by atoms with Crippen LogP contribution in [0.4, 0.5) is 4.79 Å². The number of esters is 1. The molecule has 3 rings (SSSR count). The molecule has 2 N–H and O–H groups in total. The lowest BCUT2D eigenvalue weighted by Crippen LogP contribution is -2.51. The van der Waals surface area contributed by atoms with E-state index in [2.05, 4.69) is 17.2 Å². The van der Waals surface area contributed by atoms with E-state index >= 15 is 0 Å². The van der Waals surface area contributed by atoms with Gasteiger partial charge in [-0.1, -0.05) is 66.2 Å². The maximum absolute atomic E-state index is 12.7. The number of amides is 2. The fraction of sp³-hybridized carbons (Fsp3) is 0.200. The molecule has 0 aliphatic carbocycles. The van der Waals surface area contributed by atoms with E-state index < -0.39 is 24.0 Å². The molecule has 2 atom stereocenters. The smallest absolute Gasteiger partial charge is 0.319 e. The number of ether oxygens (including phenoxy) is 1. The zero-order chi connectivity index (χ0) is 19.4. The summed E-state index contributed by atoms with van der Waals surface area (Å²) in [6, 6.07) is 13.5. The summed E-state index contributed by atoms with van der Waals surface area (Å²) in [5, 5.41) is 6.07. The number of urea groups is 1. The Labute approximate surface area is 167 Å². The molecule has 1 saturated heterocycles. The van der Waals surface area contributed by atoms with Gasteiger partial charge in [-0.3, -0.25) is 4.79 Å². The Balaban J connectivity index is 1.76. The third-order valence-corrected chi connectivity index (χ3v) is 4.86. The van der Waals surface area contributed by atoms with E-state index in [-0.39, 0.29) is 12.3 Å². The zero-order valence-corrected chi connectivity index (χ0v) is 15.9. The maximum atomic E-state index is 12.7. The van der Waals surface area contributed by atoms with Gasteiger partial charge in [0, 0.05) is 22.2 Å². The van der Waals surface area contributed by atoms with Crippen molar-refractivity contribution in [3.8, 4) is 0 Å². The van der Waals surface area contributed by atoms with Crippen molar-refractivity contribution in [2.75, 3.05) is 6.61 Å². The van der Waals surface area contributed by atoms with Gasteiger partial charge in [0.1, 0.15) is 5.92 Å². The summed E-state index contributed by atoms with van der Waals surface area (Å²) < 4.78 is 5.45. The first-order valence-corrected chi connectivity index (χ1v) is 9.13. The second kappa shape index (κ2) is 8.46. The third kappa shape index (κ3) is 4.62. The van der Waals surface area contributed by atoms with Gasteiger partial charge in [0.2, 0.25) is 0 Å². The normalized spacial score (nSPS) is 19.2. The van der Waals surface area contributed by atoms with Crippen molar-refractivity contribution in [2.24, 2.45) is 5.92 Å². The molecule has 2 aromatic carbocycles. The molecule has 0 bridgehead atoms. The van der Waals surface area contributed by atoms with Gasteiger partial charge in [-0.15, -0.1) is 0 Å². The molecule has 140 valence electrons. The Bertz CT molecular complexity index is 871. The van der Waals surface area contributed by atoms with Crippen molar-refractivity contribution < 1.29 is 14.3 Å². The minimum atomic E-state index is -0.808. The second-order valence-electron chi connectivity index (χ2n) is 6.15. The van der Waals surface area contributed by atoms with Crippen LogP contribution in [0.5, 0.6) is 0 Å². The summed E-state index contributed by atoms with van der Waals surface area (Å²) in [6.45, 7) is 4.04. The van der Waals surface area contributed by atoms with Gasteiger partial charge < -0.3 is 15.4 Å². The van der Waals surface area contributed by atoms with Gasteiger partial charge in [-0.2, -0.15) is 0 Å². The maximum Gasteiger partial charge on any atom is 0.319 e. The molecule has 0 aromatic heterocycles. The average molecular weight is 405 g/mol. The number of halogens is 2. The molecular formula is C20H18Cl2N2O3. The number of hydrogen-bond acceptors (Lipinski definition) is 3. The Morgan fingerprint density at radius 1 is 1.15 bits per heavy atom. The highest BCUT2D eigenvalue weighted by Gasteiger charge is 2.39. The first-order chi connectivity index (χ1) is 13.0. The lowest BCUT2D eigenvalue weighted by atomic mass is 9.89. The van der Waals surface area contributed by atoms with E-state index in [1.807, 2.05) is 30.3 Å². The fourth-order valence-electron chi connectivity index (χ4n) is 2.98. The van der Waals surface area contributed by atoms with Crippen molar-refractivity contribution in [3.05, 3.63) is 82.0 Å². The minimum Gasteiger partial charge on any atom is -0.465 e. The van der Waals surface area contributed by atoms with Gasteiger partial charge >= 0.3 is 12.0 Å². The Hall–Kier alpha value is -2.50. The van der Waals surface area contributed by atoms with E-state index in [1.165, 1.54) is 0 Å². The van der Waals surface area contributed by atoms with Gasteiger partial charge in [0.15, 0.2) is 0 Å². The summed E-state index contributed by atoms with van der Waals surface area (Å²) in [5.74, 6) is -1.29. The number of carbonyl (C=O) groups is 2. The van der Waals surface area contributed by atoms with Crippen LogP contribution in [-0.2, 0) is 16.0 Å². The van der Waals surface area contributed by atoms with Crippen LogP contribution >= 0.6 is 23.2 Å².